The lowest BCUT2D eigenvalue weighted by Crippen LogP contribution is -2.01. The first-order valence-corrected chi connectivity index (χ1v) is 6.85. The zero-order valence-electron chi connectivity index (χ0n) is 10.3. The van der Waals surface area contributed by atoms with Crippen LogP contribution in [0, 0.1) is 0 Å². The summed E-state index contributed by atoms with van der Waals surface area (Å²) in [5.74, 6) is 1.19. The molecule has 0 saturated heterocycles. The predicted octanol–water partition coefficient (Wildman–Crippen LogP) is 3.29. The topological polar surface area (TPSA) is 60.2 Å². The summed E-state index contributed by atoms with van der Waals surface area (Å²) >= 11 is 9.29. The van der Waals surface area contributed by atoms with Gasteiger partial charge in [0.25, 0.3) is 0 Å². The summed E-state index contributed by atoms with van der Waals surface area (Å²) in [6, 6.07) is 5.59. The first kappa shape index (κ1) is 14.3. The van der Waals surface area contributed by atoms with Gasteiger partial charge in [0, 0.05) is 23.7 Å². The molecule has 0 amide bonds. The third kappa shape index (κ3) is 4.19. The number of methoxy groups -OCH3 is 1. The third-order valence-electron chi connectivity index (χ3n) is 2.40. The van der Waals surface area contributed by atoms with E-state index >= 15 is 0 Å². The Kier molecular flexibility index (Phi) is 5.18. The van der Waals surface area contributed by atoms with Crippen LogP contribution in [0.5, 0.6) is 0 Å². The second kappa shape index (κ2) is 6.88. The Bertz CT molecular complexity index is 548. The van der Waals surface area contributed by atoms with Gasteiger partial charge in [-0.1, -0.05) is 16.8 Å². The van der Waals surface area contributed by atoms with Crippen molar-refractivity contribution < 1.29 is 9.26 Å². The number of benzene rings is 1. The van der Waals surface area contributed by atoms with Gasteiger partial charge in [0.05, 0.1) is 18.2 Å². The van der Waals surface area contributed by atoms with Crippen molar-refractivity contribution in [3.63, 3.8) is 0 Å². The molecule has 1 aromatic carbocycles. The molecule has 0 unspecified atom stereocenters. The molecule has 5 nitrogen and oxygen atoms in total. The molecule has 0 fully saturated rings. The SMILES string of the molecule is COCCc1noc(CNc2ccc(Cl)c(Br)c2)n1. The summed E-state index contributed by atoms with van der Waals surface area (Å²) in [5.41, 5.74) is 0.924. The van der Waals surface area contributed by atoms with E-state index < -0.39 is 0 Å². The molecule has 0 atom stereocenters. The van der Waals surface area contributed by atoms with E-state index in [1.165, 1.54) is 0 Å². The van der Waals surface area contributed by atoms with Gasteiger partial charge in [0.15, 0.2) is 5.82 Å². The highest BCUT2D eigenvalue weighted by Crippen LogP contribution is 2.25. The molecule has 7 heteroatoms. The molecule has 0 aliphatic carbocycles. The van der Waals surface area contributed by atoms with Gasteiger partial charge in [0.2, 0.25) is 5.89 Å². The van der Waals surface area contributed by atoms with Crippen LogP contribution in [0.3, 0.4) is 0 Å². The summed E-state index contributed by atoms with van der Waals surface area (Å²) in [5, 5.41) is 7.71. The predicted molar refractivity (Wildman–Crippen MR) is 76.4 cm³/mol. The third-order valence-corrected chi connectivity index (χ3v) is 3.62. The van der Waals surface area contributed by atoms with Gasteiger partial charge in [-0.3, -0.25) is 0 Å². The zero-order chi connectivity index (χ0) is 13.7. The largest absolute Gasteiger partial charge is 0.384 e. The minimum atomic E-state index is 0.466. The molecule has 1 N–H and O–H groups in total. The first-order valence-electron chi connectivity index (χ1n) is 5.68. The van der Waals surface area contributed by atoms with Crippen molar-refractivity contribution in [1.82, 2.24) is 10.1 Å². The Morgan fingerprint density at radius 1 is 1.47 bits per heavy atom. The molecular weight excluding hydrogens is 334 g/mol. The molecule has 0 saturated carbocycles. The fraction of sp³-hybridized carbons (Fsp3) is 0.333. The average molecular weight is 347 g/mol. The van der Waals surface area contributed by atoms with Crippen molar-refractivity contribution in [1.29, 1.82) is 0 Å². The maximum absolute atomic E-state index is 5.92. The second-order valence-corrected chi connectivity index (χ2v) is 5.09. The van der Waals surface area contributed by atoms with Crippen molar-refractivity contribution in [3.05, 3.63) is 39.4 Å². The number of halogens is 2. The maximum atomic E-state index is 5.92. The van der Waals surface area contributed by atoms with Crippen molar-refractivity contribution >= 4 is 33.2 Å². The van der Waals surface area contributed by atoms with E-state index in [1.54, 1.807) is 7.11 Å². The lowest BCUT2D eigenvalue weighted by atomic mass is 10.3. The lowest BCUT2D eigenvalue weighted by Gasteiger charge is -2.04. The summed E-state index contributed by atoms with van der Waals surface area (Å²) < 4.78 is 10.9. The van der Waals surface area contributed by atoms with Crippen LogP contribution < -0.4 is 5.32 Å². The van der Waals surface area contributed by atoms with E-state index in [1.807, 2.05) is 18.2 Å². The van der Waals surface area contributed by atoms with Gasteiger partial charge in [-0.15, -0.1) is 0 Å². The average Bonchev–Trinajstić information content (AvgIpc) is 2.86. The van der Waals surface area contributed by atoms with E-state index in [4.69, 9.17) is 20.9 Å². The Balaban J connectivity index is 1.91. The minimum Gasteiger partial charge on any atom is -0.384 e. The monoisotopic (exact) mass is 345 g/mol. The Labute approximate surface area is 124 Å². The fourth-order valence-corrected chi connectivity index (χ4v) is 1.94. The summed E-state index contributed by atoms with van der Waals surface area (Å²) in [7, 11) is 1.64. The molecule has 0 aliphatic heterocycles. The number of hydrogen-bond acceptors (Lipinski definition) is 5. The van der Waals surface area contributed by atoms with Crippen LogP contribution >= 0.6 is 27.5 Å². The fourth-order valence-electron chi connectivity index (χ4n) is 1.44. The van der Waals surface area contributed by atoms with Crippen LogP contribution in [0.15, 0.2) is 27.2 Å². The molecule has 0 radical (unpaired) electrons. The number of anilines is 1. The smallest absolute Gasteiger partial charge is 0.245 e. The lowest BCUT2D eigenvalue weighted by molar-refractivity contribution is 0.199. The minimum absolute atomic E-state index is 0.466. The highest BCUT2D eigenvalue weighted by molar-refractivity contribution is 9.10. The molecule has 0 bridgehead atoms. The zero-order valence-corrected chi connectivity index (χ0v) is 12.7. The van der Waals surface area contributed by atoms with Crippen molar-refractivity contribution in [2.75, 3.05) is 19.0 Å². The van der Waals surface area contributed by atoms with Crippen LogP contribution in [-0.2, 0) is 17.7 Å². The number of aromatic nitrogens is 2. The van der Waals surface area contributed by atoms with E-state index in [0.717, 1.165) is 10.2 Å². The quantitative estimate of drug-likeness (QED) is 0.870. The highest BCUT2D eigenvalue weighted by Gasteiger charge is 2.06. The van der Waals surface area contributed by atoms with E-state index in [2.05, 4.69) is 31.4 Å². The van der Waals surface area contributed by atoms with Crippen molar-refractivity contribution in [3.8, 4) is 0 Å². The van der Waals surface area contributed by atoms with Gasteiger partial charge in [0.1, 0.15) is 0 Å². The molecule has 19 heavy (non-hydrogen) atoms. The van der Waals surface area contributed by atoms with Gasteiger partial charge < -0.3 is 14.6 Å². The highest BCUT2D eigenvalue weighted by atomic mass is 79.9. The number of ether oxygens (including phenoxy) is 1. The molecule has 0 spiro atoms. The Hall–Kier alpha value is -1.11. The van der Waals surface area contributed by atoms with Gasteiger partial charge >= 0.3 is 0 Å². The first-order chi connectivity index (χ1) is 9.19. The van der Waals surface area contributed by atoms with Crippen LogP contribution in [0.1, 0.15) is 11.7 Å². The van der Waals surface area contributed by atoms with Crippen LogP contribution in [0.2, 0.25) is 5.02 Å². The molecule has 102 valence electrons. The van der Waals surface area contributed by atoms with Crippen LogP contribution in [0.25, 0.3) is 0 Å². The molecule has 2 aromatic rings. The molecule has 1 aromatic heterocycles. The molecule has 2 rings (SSSR count). The van der Waals surface area contributed by atoms with E-state index in [9.17, 15) is 0 Å². The van der Waals surface area contributed by atoms with Crippen LogP contribution in [-0.4, -0.2) is 23.9 Å². The van der Waals surface area contributed by atoms with Gasteiger partial charge in [-0.25, -0.2) is 0 Å². The van der Waals surface area contributed by atoms with Gasteiger partial charge in [-0.2, -0.15) is 4.98 Å². The number of nitrogens with zero attached hydrogens (tertiary/aromatic N) is 2. The standard InChI is InChI=1S/C12H13BrClN3O2/c1-18-5-4-11-16-12(19-17-11)7-15-8-2-3-10(14)9(13)6-8/h2-3,6,15H,4-5,7H2,1H3. The normalized spacial score (nSPS) is 10.7. The second-order valence-electron chi connectivity index (χ2n) is 3.83. The summed E-state index contributed by atoms with van der Waals surface area (Å²) in [6.45, 7) is 1.05. The number of hydrogen-bond donors (Lipinski definition) is 1. The maximum Gasteiger partial charge on any atom is 0.245 e. The molecule has 0 aliphatic rings. The van der Waals surface area contributed by atoms with Gasteiger partial charge in [-0.05, 0) is 34.1 Å². The summed E-state index contributed by atoms with van der Waals surface area (Å²) in [4.78, 5) is 4.24. The molecule has 1 heterocycles. The van der Waals surface area contributed by atoms with Crippen molar-refractivity contribution in [2.24, 2.45) is 0 Å². The van der Waals surface area contributed by atoms with E-state index in [0.29, 0.717) is 36.3 Å². The Morgan fingerprint density at radius 2 is 2.32 bits per heavy atom. The Morgan fingerprint density at radius 3 is 3.05 bits per heavy atom. The summed E-state index contributed by atoms with van der Waals surface area (Å²) in [6.07, 6.45) is 0.645. The number of rotatable bonds is 6. The van der Waals surface area contributed by atoms with Crippen molar-refractivity contribution in [2.45, 2.75) is 13.0 Å². The van der Waals surface area contributed by atoms with E-state index in [-0.39, 0.29) is 0 Å². The number of nitrogens with one attached hydrogen (secondary N) is 1. The van der Waals surface area contributed by atoms with Crippen LogP contribution in [0.4, 0.5) is 5.69 Å². The molecular formula is C12H13BrClN3O2.